The first-order chi connectivity index (χ1) is 10.2. The summed E-state index contributed by atoms with van der Waals surface area (Å²) < 4.78 is 1.57. The Hall–Kier alpha value is -1.89. The molecule has 7 nitrogen and oxygen atoms in total. The Kier molecular flexibility index (Phi) is 4.55. The third-order valence-corrected chi connectivity index (χ3v) is 3.91. The van der Waals surface area contributed by atoms with Gasteiger partial charge in [-0.25, -0.2) is 0 Å². The van der Waals surface area contributed by atoms with Gasteiger partial charge in [0.05, 0.1) is 24.0 Å². The molecular weight excluding hydrogens is 286 g/mol. The van der Waals surface area contributed by atoms with E-state index in [4.69, 9.17) is 0 Å². The van der Waals surface area contributed by atoms with Gasteiger partial charge in [-0.3, -0.25) is 14.3 Å². The summed E-state index contributed by atoms with van der Waals surface area (Å²) in [6, 6.07) is -0.0112. The van der Waals surface area contributed by atoms with E-state index in [9.17, 15) is 19.8 Å². The number of hydrogen-bond donors (Lipinski definition) is 2. The second-order valence-corrected chi connectivity index (χ2v) is 6.45. The van der Waals surface area contributed by atoms with Gasteiger partial charge >= 0.3 is 5.97 Å². The first kappa shape index (κ1) is 16.5. The molecule has 1 saturated heterocycles. The number of hydrogen-bond acceptors (Lipinski definition) is 4. The Morgan fingerprint density at radius 1 is 1.45 bits per heavy atom. The molecule has 122 valence electrons. The highest BCUT2D eigenvalue weighted by molar-refractivity contribution is 6.06. The van der Waals surface area contributed by atoms with E-state index < -0.39 is 17.5 Å². The smallest absolute Gasteiger partial charge is 0.316 e. The molecule has 2 rings (SSSR count). The molecule has 1 aliphatic heterocycles. The Bertz CT molecular complexity index is 561. The molecule has 1 fully saturated rings. The predicted molar refractivity (Wildman–Crippen MR) is 80.4 cm³/mol. The number of aliphatic hydroxyl groups is 1. The molecule has 2 heterocycles. The SMILES string of the molecule is CCC1CCC(C(=O)O)C(=O)N1c1cnn(CC(C)(C)O)c1. The molecule has 0 aromatic carbocycles. The number of aliphatic carboxylic acids is 1. The molecule has 7 heteroatoms. The standard InChI is InChI=1S/C15H23N3O4/c1-4-10-5-6-12(14(20)21)13(19)18(10)11-7-16-17(8-11)9-15(2,3)22/h7-8,10,12,22H,4-6,9H2,1-3H3,(H,20,21). The van der Waals surface area contributed by atoms with Crippen LogP contribution < -0.4 is 4.90 Å². The fourth-order valence-electron chi connectivity index (χ4n) is 2.87. The lowest BCUT2D eigenvalue weighted by molar-refractivity contribution is -0.147. The van der Waals surface area contributed by atoms with Gasteiger partial charge in [0.15, 0.2) is 0 Å². The summed E-state index contributed by atoms with van der Waals surface area (Å²) in [5.41, 5.74) is -0.324. The average molecular weight is 309 g/mol. The van der Waals surface area contributed by atoms with Crippen molar-refractivity contribution in [1.82, 2.24) is 9.78 Å². The van der Waals surface area contributed by atoms with E-state index in [2.05, 4.69) is 5.10 Å². The number of piperidine rings is 1. The third-order valence-electron chi connectivity index (χ3n) is 3.91. The third kappa shape index (κ3) is 3.47. The topological polar surface area (TPSA) is 95.7 Å². The van der Waals surface area contributed by atoms with Crippen molar-refractivity contribution in [2.45, 2.75) is 58.2 Å². The number of carboxylic acids is 1. The normalized spacial score (nSPS) is 22.9. The van der Waals surface area contributed by atoms with Gasteiger partial charge in [0, 0.05) is 12.2 Å². The van der Waals surface area contributed by atoms with Crippen molar-refractivity contribution < 1.29 is 19.8 Å². The van der Waals surface area contributed by atoms with Crippen LogP contribution >= 0.6 is 0 Å². The van der Waals surface area contributed by atoms with E-state index >= 15 is 0 Å². The van der Waals surface area contributed by atoms with Crippen LogP contribution in [0.15, 0.2) is 12.4 Å². The molecule has 1 aromatic rings. The van der Waals surface area contributed by atoms with Gasteiger partial charge in [-0.1, -0.05) is 6.92 Å². The van der Waals surface area contributed by atoms with Crippen molar-refractivity contribution in [3.05, 3.63) is 12.4 Å². The minimum Gasteiger partial charge on any atom is -0.481 e. The summed E-state index contributed by atoms with van der Waals surface area (Å²) in [7, 11) is 0. The maximum absolute atomic E-state index is 12.5. The maximum atomic E-state index is 12.5. The van der Waals surface area contributed by atoms with Gasteiger partial charge in [-0.2, -0.15) is 5.10 Å². The molecule has 0 radical (unpaired) electrons. The number of aromatic nitrogens is 2. The summed E-state index contributed by atoms with van der Waals surface area (Å²) in [5.74, 6) is -2.44. The highest BCUT2D eigenvalue weighted by Gasteiger charge is 2.39. The maximum Gasteiger partial charge on any atom is 0.316 e. The monoisotopic (exact) mass is 309 g/mol. The highest BCUT2D eigenvalue weighted by atomic mass is 16.4. The highest BCUT2D eigenvalue weighted by Crippen LogP contribution is 2.30. The van der Waals surface area contributed by atoms with Gasteiger partial charge in [0.2, 0.25) is 5.91 Å². The zero-order valence-corrected chi connectivity index (χ0v) is 13.2. The van der Waals surface area contributed by atoms with E-state index in [0.717, 1.165) is 6.42 Å². The number of rotatable bonds is 5. The van der Waals surface area contributed by atoms with E-state index in [1.165, 1.54) is 0 Å². The molecule has 0 saturated carbocycles. The minimum absolute atomic E-state index is 0.0112. The zero-order valence-electron chi connectivity index (χ0n) is 13.2. The second kappa shape index (κ2) is 6.08. The molecule has 0 aliphatic carbocycles. The van der Waals surface area contributed by atoms with Crippen molar-refractivity contribution in [1.29, 1.82) is 0 Å². The van der Waals surface area contributed by atoms with Crippen molar-refractivity contribution in [3.8, 4) is 0 Å². The largest absolute Gasteiger partial charge is 0.481 e. The van der Waals surface area contributed by atoms with E-state index in [-0.39, 0.29) is 11.9 Å². The van der Waals surface area contributed by atoms with Crippen LogP contribution in [0.5, 0.6) is 0 Å². The molecule has 1 aromatic heterocycles. The number of anilines is 1. The molecule has 2 atom stereocenters. The molecule has 1 amide bonds. The van der Waals surface area contributed by atoms with Gasteiger partial charge < -0.3 is 15.1 Å². The van der Waals surface area contributed by atoms with Gasteiger partial charge in [-0.05, 0) is 33.1 Å². The van der Waals surface area contributed by atoms with Crippen LogP contribution in [-0.4, -0.2) is 43.5 Å². The fraction of sp³-hybridized carbons (Fsp3) is 0.667. The summed E-state index contributed by atoms with van der Waals surface area (Å²) in [6.45, 7) is 5.63. The second-order valence-electron chi connectivity index (χ2n) is 6.45. The quantitative estimate of drug-likeness (QED) is 0.798. The van der Waals surface area contributed by atoms with Crippen LogP contribution in [0.4, 0.5) is 5.69 Å². The van der Waals surface area contributed by atoms with Crippen LogP contribution in [-0.2, 0) is 16.1 Å². The van der Waals surface area contributed by atoms with E-state index in [1.807, 2.05) is 6.92 Å². The Balaban J connectivity index is 2.26. The lowest BCUT2D eigenvalue weighted by Crippen LogP contribution is -2.50. The lowest BCUT2D eigenvalue weighted by atomic mass is 9.90. The molecule has 2 N–H and O–H groups in total. The number of amides is 1. The number of nitrogens with zero attached hydrogens (tertiary/aromatic N) is 3. The van der Waals surface area contributed by atoms with Crippen LogP contribution in [0.25, 0.3) is 0 Å². The van der Waals surface area contributed by atoms with Crippen LogP contribution in [0.1, 0.15) is 40.0 Å². The van der Waals surface area contributed by atoms with Crippen LogP contribution in [0, 0.1) is 5.92 Å². The summed E-state index contributed by atoms with van der Waals surface area (Å²) in [4.78, 5) is 25.3. The van der Waals surface area contributed by atoms with E-state index in [0.29, 0.717) is 25.1 Å². The van der Waals surface area contributed by atoms with Crippen LogP contribution in [0.3, 0.4) is 0 Å². The number of carbonyl (C=O) groups excluding carboxylic acids is 1. The number of carbonyl (C=O) groups is 2. The Morgan fingerprint density at radius 3 is 2.68 bits per heavy atom. The van der Waals surface area contributed by atoms with Gasteiger partial charge in [0.25, 0.3) is 0 Å². The average Bonchev–Trinajstić information content (AvgIpc) is 2.83. The van der Waals surface area contributed by atoms with Gasteiger partial charge in [0.1, 0.15) is 5.92 Å². The van der Waals surface area contributed by atoms with Gasteiger partial charge in [-0.15, -0.1) is 0 Å². The van der Waals surface area contributed by atoms with Crippen molar-refractivity contribution in [2.75, 3.05) is 4.90 Å². The number of carboxylic acid groups (broad SMARTS) is 1. The van der Waals surface area contributed by atoms with Crippen molar-refractivity contribution >= 4 is 17.6 Å². The summed E-state index contributed by atoms with van der Waals surface area (Å²) in [5, 5.41) is 23.2. The fourth-order valence-corrected chi connectivity index (χ4v) is 2.87. The van der Waals surface area contributed by atoms with Crippen LogP contribution in [0.2, 0.25) is 0 Å². The Labute approximate surface area is 129 Å². The van der Waals surface area contributed by atoms with Crippen molar-refractivity contribution in [3.63, 3.8) is 0 Å². The predicted octanol–water partition coefficient (Wildman–Crippen LogP) is 1.26. The molecule has 2 unspecified atom stereocenters. The molecule has 1 aliphatic rings. The molecule has 0 bridgehead atoms. The first-order valence-corrected chi connectivity index (χ1v) is 7.53. The summed E-state index contributed by atoms with van der Waals surface area (Å²) in [6.07, 6.45) is 5.03. The lowest BCUT2D eigenvalue weighted by Gasteiger charge is -2.36. The molecule has 22 heavy (non-hydrogen) atoms. The summed E-state index contributed by atoms with van der Waals surface area (Å²) >= 11 is 0. The zero-order chi connectivity index (χ0) is 16.5. The van der Waals surface area contributed by atoms with Crippen molar-refractivity contribution in [2.24, 2.45) is 5.92 Å². The molecule has 0 spiro atoms. The Morgan fingerprint density at radius 2 is 2.14 bits per heavy atom. The minimum atomic E-state index is -1.08. The van der Waals surface area contributed by atoms with E-state index in [1.54, 1.807) is 35.8 Å². The first-order valence-electron chi connectivity index (χ1n) is 7.53. The molecular formula is C15H23N3O4.